The lowest BCUT2D eigenvalue weighted by atomic mass is 9.91. The van der Waals surface area contributed by atoms with Gasteiger partial charge in [-0.3, -0.25) is 4.79 Å². The largest absolute Gasteiger partial charge is 0.509 e. The quantitative estimate of drug-likeness (QED) is 0.646. The molecule has 0 aliphatic carbocycles. The molecular weight excluding hydrogens is 294 g/mol. The summed E-state index contributed by atoms with van der Waals surface area (Å²) < 4.78 is 4.91. The van der Waals surface area contributed by atoms with Crippen LogP contribution in [-0.4, -0.2) is 35.5 Å². The van der Waals surface area contributed by atoms with Crippen LogP contribution in [0, 0.1) is 13.8 Å². The zero-order chi connectivity index (χ0) is 17.2. The Labute approximate surface area is 136 Å². The van der Waals surface area contributed by atoms with Crippen LogP contribution in [0.1, 0.15) is 30.0 Å². The predicted octanol–water partition coefficient (Wildman–Crippen LogP) is 3.29. The van der Waals surface area contributed by atoms with Gasteiger partial charge in [0.2, 0.25) is 0 Å². The van der Waals surface area contributed by atoms with Gasteiger partial charge in [0.1, 0.15) is 11.3 Å². The third-order valence-electron chi connectivity index (χ3n) is 4.17. The van der Waals surface area contributed by atoms with E-state index in [2.05, 4.69) is 6.58 Å². The number of carbonyl (C=O) groups is 1. The summed E-state index contributed by atoms with van der Waals surface area (Å²) in [4.78, 5) is 18.4. The average molecular weight is 317 g/mol. The number of methoxy groups -OCH3 is 1. The molecule has 1 amide bonds. The molecular formula is C18H23NO4. The lowest BCUT2D eigenvalue weighted by molar-refractivity contribution is -0.240. The fraction of sp³-hybridized carbons (Fsp3) is 0.389. The molecule has 0 spiro atoms. The highest BCUT2D eigenvalue weighted by Crippen LogP contribution is 2.42. The van der Waals surface area contributed by atoms with Gasteiger partial charge < -0.3 is 9.84 Å². The number of carbonyl (C=O) groups excluding carboxylic acids is 1. The van der Waals surface area contributed by atoms with Crippen LogP contribution in [0.4, 0.5) is 0 Å². The molecule has 1 aliphatic heterocycles. The van der Waals surface area contributed by atoms with Gasteiger partial charge in [-0.15, -0.1) is 6.58 Å². The van der Waals surface area contributed by atoms with Crippen LogP contribution < -0.4 is 0 Å². The number of benzene rings is 1. The molecule has 5 nitrogen and oxygen atoms in total. The minimum atomic E-state index is -0.999. The molecule has 0 saturated carbocycles. The number of rotatable bonds is 6. The van der Waals surface area contributed by atoms with Crippen molar-refractivity contribution in [3.05, 3.63) is 53.3 Å². The van der Waals surface area contributed by atoms with Crippen molar-refractivity contribution in [2.24, 2.45) is 0 Å². The highest BCUT2D eigenvalue weighted by Gasteiger charge is 2.50. The minimum absolute atomic E-state index is 0.00379. The molecule has 1 aromatic carbocycles. The van der Waals surface area contributed by atoms with E-state index in [9.17, 15) is 9.90 Å². The van der Waals surface area contributed by atoms with Crippen molar-refractivity contribution in [3.8, 4) is 0 Å². The van der Waals surface area contributed by atoms with Crippen molar-refractivity contribution in [3.63, 3.8) is 0 Å². The van der Waals surface area contributed by atoms with Crippen molar-refractivity contribution < 1.29 is 19.5 Å². The Morgan fingerprint density at radius 2 is 1.96 bits per heavy atom. The predicted molar refractivity (Wildman–Crippen MR) is 88.5 cm³/mol. The van der Waals surface area contributed by atoms with Gasteiger partial charge in [-0.05, 0) is 43.9 Å². The van der Waals surface area contributed by atoms with Gasteiger partial charge in [0.15, 0.2) is 6.79 Å². The first kappa shape index (κ1) is 17.2. The maximum absolute atomic E-state index is 12.9. The van der Waals surface area contributed by atoms with Crippen molar-refractivity contribution in [1.82, 2.24) is 5.06 Å². The first-order valence-electron chi connectivity index (χ1n) is 7.46. The fourth-order valence-corrected chi connectivity index (χ4v) is 2.99. The normalized spacial score (nSPS) is 21.2. The first-order chi connectivity index (χ1) is 10.9. The van der Waals surface area contributed by atoms with Crippen molar-refractivity contribution in [1.29, 1.82) is 0 Å². The SMILES string of the molecule is C=CCC1(C)C(O)=C(c2c(C)cccc2C)C(=O)N1OCOC. The molecule has 1 atom stereocenters. The highest BCUT2D eigenvalue weighted by molar-refractivity contribution is 6.23. The van der Waals surface area contributed by atoms with Crippen molar-refractivity contribution >= 4 is 11.5 Å². The molecule has 0 radical (unpaired) electrons. The molecule has 0 bridgehead atoms. The number of aliphatic hydroxyl groups excluding tert-OH is 1. The van der Waals surface area contributed by atoms with E-state index in [-0.39, 0.29) is 24.0 Å². The van der Waals surface area contributed by atoms with E-state index in [1.807, 2.05) is 32.0 Å². The van der Waals surface area contributed by atoms with Gasteiger partial charge in [-0.2, -0.15) is 0 Å². The smallest absolute Gasteiger partial charge is 0.282 e. The van der Waals surface area contributed by atoms with Crippen LogP contribution in [0.3, 0.4) is 0 Å². The lowest BCUT2D eigenvalue weighted by Gasteiger charge is -2.32. The summed E-state index contributed by atoms with van der Waals surface area (Å²) in [6.07, 6.45) is 2.02. The number of aryl methyl sites for hydroxylation is 2. The molecule has 1 aliphatic rings. The summed E-state index contributed by atoms with van der Waals surface area (Å²) >= 11 is 0. The number of hydroxylamine groups is 2. The van der Waals surface area contributed by atoms with Crippen LogP contribution in [0.25, 0.3) is 5.57 Å². The summed E-state index contributed by atoms with van der Waals surface area (Å²) in [5.41, 5.74) is 1.88. The Morgan fingerprint density at radius 3 is 2.48 bits per heavy atom. The zero-order valence-corrected chi connectivity index (χ0v) is 14.0. The number of ether oxygens (including phenoxy) is 1. The molecule has 124 valence electrons. The Bertz CT molecular complexity index is 645. The van der Waals surface area contributed by atoms with Crippen LogP contribution in [0.2, 0.25) is 0 Å². The van der Waals surface area contributed by atoms with Crippen LogP contribution in [0.5, 0.6) is 0 Å². The van der Waals surface area contributed by atoms with Gasteiger partial charge in [-0.25, -0.2) is 9.90 Å². The molecule has 23 heavy (non-hydrogen) atoms. The third-order valence-corrected chi connectivity index (χ3v) is 4.17. The summed E-state index contributed by atoms with van der Waals surface area (Å²) in [6, 6.07) is 5.76. The molecule has 1 unspecified atom stereocenters. The summed E-state index contributed by atoms with van der Waals surface area (Å²) in [6.45, 7) is 9.22. The average Bonchev–Trinajstić information content (AvgIpc) is 2.67. The minimum Gasteiger partial charge on any atom is -0.509 e. The van der Waals surface area contributed by atoms with Gasteiger partial charge in [0, 0.05) is 7.11 Å². The second-order valence-corrected chi connectivity index (χ2v) is 5.89. The number of hydrogen-bond donors (Lipinski definition) is 1. The van der Waals surface area contributed by atoms with E-state index >= 15 is 0 Å². The van der Waals surface area contributed by atoms with Gasteiger partial charge >= 0.3 is 0 Å². The number of amides is 1. The summed E-state index contributed by atoms with van der Waals surface area (Å²) in [5.74, 6) is -0.378. The Morgan fingerprint density at radius 1 is 1.35 bits per heavy atom. The van der Waals surface area contributed by atoms with E-state index in [1.165, 1.54) is 12.2 Å². The summed E-state index contributed by atoms with van der Waals surface area (Å²) in [7, 11) is 1.48. The summed E-state index contributed by atoms with van der Waals surface area (Å²) in [5, 5.41) is 12.0. The molecule has 0 fully saturated rings. The Kier molecular flexibility index (Phi) is 4.92. The first-order valence-corrected chi connectivity index (χ1v) is 7.46. The monoisotopic (exact) mass is 317 g/mol. The van der Waals surface area contributed by atoms with Crippen LogP contribution in [0.15, 0.2) is 36.6 Å². The topological polar surface area (TPSA) is 59.0 Å². The highest BCUT2D eigenvalue weighted by atomic mass is 16.8. The van der Waals surface area contributed by atoms with Crippen molar-refractivity contribution in [2.75, 3.05) is 13.9 Å². The van der Waals surface area contributed by atoms with Crippen LogP contribution >= 0.6 is 0 Å². The maximum Gasteiger partial charge on any atom is 0.282 e. The Balaban J connectivity index is 2.60. The zero-order valence-electron chi connectivity index (χ0n) is 14.0. The van der Waals surface area contributed by atoms with Crippen LogP contribution in [-0.2, 0) is 14.4 Å². The Hall–Kier alpha value is -2.11. The fourth-order valence-electron chi connectivity index (χ4n) is 2.99. The van der Waals surface area contributed by atoms with Gasteiger partial charge in [0.05, 0.1) is 5.57 Å². The van der Waals surface area contributed by atoms with E-state index in [0.717, 1.165) is 16.7 Å². The molecule has 0 saturated heterocycles. The maximum atomic E-state index is 12.9. The third kappa shape index (κ3) is 2.78. The number of aliphatic hydroxyl groups is 1. The van der Waals surface area contributed by atoms with E-state index in [4.69, 9.17) is 9.57 Å². The van der Waals surface area contributed by atoms with E-state index < -0.39 is 5.54 Å². The number of hydrogen-bond acceptors (Lipinski definition) is 4. The van der Waals surface area contributed by atoms with Crippen molar-refractivity contribution in [2.45, 2.75) is 32.7 Å². The molecule has 1 N–H and O–H groups in total. The molecule has 2 rings (SSSR count). The second-order valence-electron chi connectivity index (χ2n) is 5.89. The molecule has 5 heteroatoms. The standard InChI is InChI=1S/C18H23NO4/c1-6-10-18(4)16(20)15(17(21)19(18)23-11-22-5)14-12(2)8-7-9-13(14)3/h6-9,20H,1,10-11H2,2-5H3. The molecule has 1 heterocycles. The van der Waals surface area contributed by atoms with E-state index in [0.29, 0.717) is 6.42 Å². The molecule has 0 aromatic heterocycles. The van der Waals surface area contributed by atoms with Gasteiger partial charge in [-0.1, -0.05) is 24.3 Å². The lowest BCUT2D eigenvalue weighted by Crippen LogP contribution is -2.46. The molecule has 1 aromatic rings. The van der Waals surface area contributed by atoms with E-state index in [1.54, 1.807) is 13.0 Å². The second kappa shape index (κ2) is 6.56. The number of nitrogens with zero attached hydrogens (tertiary/aromatic N) is 1. The van der Waals surface area contributed by atoms with Gasteiger partial charge in [0.25, 0.3) is 5.91 Å².